The van der Waals surface area contributed by atoms with Crippen LogP contribution < -0.4 is 9.62 Å². The summed E-state index contributed by atoms with van der Waals surface area (Å²) in [5, 5.41) is 3.10. The van der Waals surface area contributed by atoms with E-state index >= 15 is 0 Å². The molecule has 1 N–H and O–H groups in total. The summed E-state index contributed by atoms with van der Waals surface area (Å²) < 4.78 is 28.4. The van der Waals surface area contributed by atoms with Gasteiger partial charge in [0.2, 0.25) is 11.8 Å². The van der Waals surface area contributed by atoms with E-state index in [-0.39, 0.29) is 34.1 Å². The van der Waals surface area contributed by atoms with Gasteiger partial charge in [-0.3, -0.25) is 13.9 Å². The van der Waals surface area contributed by atoms with Crippen LogP contribution in [0.3, 0.4) is 0 Å². The van der Waals surface area contributed by atoms with Crippen LogP contribution in [0.4, 0.5) is 5.69 Å². The molecule has 0 unspecified atom stereocenters. The topological polar surface area (TPSA) is 86.8 Å². The van der Waals surface area contributed by atoms with Crippen LogP contribution in [0.25, 0.3) is 0 Å². The van der Waals surface area contributed by atoms with Gasteiger partial charge in [-0.15, -0.1) is 0 Å². The molecular weight excluding hydrogens is 510 g/mol. The zero-order chi connectivity index (χ0) is 27.0. The number of amides is 2. The number of carbonyl (C=O) groups excluding carboxylic acids is 2. The minimum absolute atomic E-state index is 0.0277. The molecule has 3 aromatic carbocycles. The molecule has 0 bridgehead atoms. The molecule has 3 aromatic rings. The van der Waals surface area contributed by atoms with Gasteiger partial charge in [-0.25, -0.2) is 8.42 Å². The van der Waals surface area contributed by atoms with Crippen LogP contribution in [-0.2, 0) is 26.2 Å². The maximum atomic E-state index is 13.8. The molecule has 9 heteroatoms. The Bertz CT molecular complexity index is 1300. The van der Waals surface area contributed by atoms with Crippen molar-refractivity contribution in [2.24, 2.45) is 0 Å². The number of hydrogen-bond acceptors (Lipinski definition) is 4. The highest BCUT2D eigenvalue weighted by Crippen LogP contribution is 2.30. The van der Waals surface area contributed by atoms with E-state index in [9.17, 15) is 18.0 Å². The Morgan fingerprint density at radius 1 is 0.892 bits per heavy atom. The van der Waals surface area contributed by atoms with Crippen LogP contribution in [0.2, 0.25) is 5.02 Å². The fourth-order valence-electron chi connectivity index (χ4n) is 3.72. The van der Waals surface area contributed by atoms with Gasteiger partial charge in [0, 0.05) is 12.6 Å². The maximum Gasteiger partial charge on any atom is 0.264 e. The van der Waals surface area contributed by atoms with Gasteiger partial charge >= 0.3 is 0 Å². The Kier molecular flexibility index (Phi) is 9.72. The third kappa shape index (κ3) is 7.11. The summed E-state index contributed by atoms with van der Waals surface area (Å²) >= 11 is 6.40. The van der Waals surface area contributed by atoms with Gasteiger partial charge in [0.15, 0.2) is 0 Å². The van der Waals surface area contributed by atoms with Crippen LogP contribution in [-0.4, -0.2) is 43.8 Å². The van der Waals surface area contributed by atoms with Crippen LogP contribution in [0.5, 0.6) is 0 Å². The molecule has 0 saturated heterocycles. The van der Waals surface area contributed by atoms with Gasteiger partial charge in [-0.1, -0.05) is 79.2 Å². The molecule has 0 aliphatic carbocycles. The number of hydrogen-bond donors (Lipinski definition) is 1. The van der Waals surface area contributed by atoms with Crippen molar-refractivity contribution in [3.05, 3.63) is 95.5 Å². The van der Waals surface area contributed by atoms with Gasteiger partial charge in [-0.2, -0.15) is 0 Å². The predicted molar refractivity (Wildman–Crippen MR) is 147 cm³/mol. The third-order valence-electron chi connectivity index (χ3n) is 6.10. The summed E-state index contributed by atoms with van der Waals surface area (Å²) in [6.45, 7) is 5.09. The number of halogens is 1. The molecule has 0 fully saturated rings. The summed E-state index contributed by atoms with van der Waals surface area (Å²) in [6.07, 6.45) is 0.737. The first kappa shape index (κ1) is 28.2. The lowest BCUT2D eigenvalue weighted by molar-refractivity contribution is -0.139. The average molecular weight is 542 g/mol. The smallest absolute Gasteiger partial charge is 0.264 e. The van der Waals surface area contributed by atoms with Crippen LogP contribution in [0.1, 0.15) is 32.8 Å². The molecule has 0 heterocycles. The Labute approximate surface area is 224 Å². The van der Waals surface area contributed by atoms with Crippen molar-refractivity contribution in [2.45, 2.75) is 50.7 Å². The molecule has 7 nitrogen and oxygen atoms in total. The molecular formula is C28H32ClN3O4S. The molecule has 0 aromatic heterocycles. The van der Waals surface area contributed by atoms with Crippen LogP contribution in [0.15, 0.2) is 89.8 Å². The van der Waals surface area contributed by atoms with E-state index in [4.69, 9.17) is 11.6 Å². The first-order valence-corrected chi connectivity index (χ1v) is 13.9. The molecule has 0 spiro atoms. The van der Waals surface area contributed by atoms with Gasteiger partial charge in [0.1, 0.15) is 12.6 Å². The first-order valence-electron chi connectivity index (χ1n) is 12.1. The second-order valence-corrected chi connectivity index (χ2v) is 11.0. The van der Waals surface area contributed by atoms with E-state index in [0.29, 0.717) is 0 Å². The third-order valence-corrected chi connectivity index (χ3v) is 8.19. The fourth-order valence-corrected chi connectivity index (χ4v) is 5.46. The number of benzene rings is 3. The summed E-state index contributed by atoms with van der Waals surface area (Å²) in [4.78, 5) is 28.3. The molecule has 2 amide bonds. The zero-order valence-corrected chi connectivity index (χ0v) is 22.7. The van der Waals surface area contributed by atoms with E-state index in [2.05, 4.69) is 5.32 Å². The van der Waals surface area contributed by atoms with Gasteiger partial charge in [-0.05, 0) is 50.1 Å². The van der Waals surface area contributed by atoms with Crippen molar-refractivity contribution in [1.29, 1.82) is 0 Å². The van der Waals surface area contributed by atoms with E-state index in [0.717, 1.165) is 16.3 Å². The normalized spacial score (nSPS) is 12.9. The minimum Gasteiger partial charge on any atom is -0.352 e. The number of carbonyl (C=O) groups is 2. The van der Waals surface area contributed by atoms with Gasteiger partial charge in [0.25, 0.3) is 10.0 Å². The predicted octanol–water partition coefficient (Wildman–Crippen LogP) is 4.87. The van der Waals surface area contributed by atoms with Crippen molar-refractivity contribution < 1.29 is 18.0 Å². The molecule has 37 heavy (non-hydrogen) atoms. The van der Waals surface area contributed by atoms with Crippen molar-refractivity contribution in [2.75, 3.05) is 10.8 Å². The lowest BCUT2D eigenvalue weighted by Crippen LogP contribution is -2.52. The van der Waals surface area contributed by atoms with E-state index in [1.54, 1.807) is 49.4 Å². The monoisotopic (exact) mass is 541 g/mol. The minimum atomic E-state index is -4.15. The SMILES string of the molecule is CC[C@H](C)NC(=O)[C@H](C)N(Cc1ccccc1)C(=O)CN(c1ccccc1Cl)S(=O)(=O)c1ccccc1. The molecule has 196 valence electrons. The summed E-state index contributed by atoms with van der Waals surface area (Å²) in [7, 11) is -4.15. The van der Waals surface area contributed by atoms with Crippen molar-refractivity contribution in [3.8, 4) is 0 Å². The largest absolute Gasteiger partial charge is 0.352 e. The molecule has 2 atom stereocenters. The molecule has 3 rings (SSSR count). The number of nitrogens with zero attached hydrogens (tertiary/aromatic N) is 2. The molecule has 0 aliphatic heterocycles. The summed E-state index contributed by atoms with van der Waals surface area (Å²) in [5.74, 6) is -0.844. The Morgan fingerprint density at radius 2 is 1.46 bits per heavy atom. The second-order valence-electron chi connectivity index (χ2n) is 8.78. The zero-order valence-electron chi connectivity index (χ0n) is 21.2. The highest BCUT2D eigenvalue weighted by Gasteiger charge is 2.33. The molecule has 0 saturated carbocycles. The number of nitrogens with one attached hydrogen (secondary N) is 1. The average Bonchev–Trinajstić information content (AvgIpc) is 2.91. The van der Waals surface area contributed by atoms with Crippen molar-refractivity contribution in [1.82, 2.24) is 10.2 Å². The van der Waals surface area contributed by atoms with E-state index in [1.807, 2.05) is 44.2 Å². The number of anilines is 1. The highest BCUT2D eigenvalue weighted by molar-refractivity contribution is 7.92. The van der Waals surface area contributed by atoms with Crippen LogP contribution >= 0.6 is 11.6 Å². The van der Waals surface area contributed by atoms with Crippen LogP contribution in [0, 0.1) is 0 Å². The number of para-hydroxylation sites is 1. The second kappa shape index (κ2) is 12.7. The molecule has 0 aliphatic rings. The fraction of sp³-hybridized carbons (Fsp3) is 0.286. The Balaban J connectivity index is 2.01. The van der Waals surface area contributed by atoms with E-state index in [1.165, 1.54) is 17.0 Å². The number of rotatable bonds is 11. The van der Waals surface area contributed by atoms with Crippen molar-refractivity contribution in [3.63, 3.8) is 0 Å². The summed E-state index contributed by atoms with van der Waals surface area (Å²) in [5.41, 5.74) is 0.993. The Morgan fingerprint density at radius 3 is 2.05 bits per heavy atom. The quantitative estimate of drug-likeness (QED) is 0.375. The highest BCUT2D eigenvalue weighted by atomic mass is 35.5. The maximum absolute atomic E-state index is 13.8. The first-order chi connectivity index (χ1) is 17.6. The summed E-state index contributed by atoms with van der Waals surface area (Å²) in [6, 6.07) is 22.7. The molecule has 0 radical (unpaired) electrons. The lowest BCUT2D eigenvalue weighted by Gasteiger charge is -2.32. The van der Waals surface area contributed by atoms with Gasteiger partial charge < -0.3 is 10.2 Å². The van der Waals surface area contributed by atoms with Gasteiger partial charge in [0.05, 0.1) is 15.6 Å². The number of sulfonamides is 1. The lowest BCUT2D eigenvalue weighted by atomic mass is 10.1. The standard InChI is InChI=1S/C28H32ClN3O4S/c1-4-21(2)30-28(34)22(3)31(19-23-13-7-5-8-14-23)27(33)20-32(26-18-12-11-17-25(26)29)37(35,36)24-15-9-6-10-16-24/h5-18,21-22H,4,19-20H2,1-3H3,(H,30,34)/t21-,22-/m0/s1. The Hall–Kier alpha value is -3.36. The van der Waals surface area contributed by atoms with E-state index < -0.39 is 28.5 Å². The van der Waals surface area contributed by atoms with Crippen molar-refractivity contribution >= 4 is 39.1 Å².